The summed E-state index contributed by atoms with van der Waals surface area (Å²) in [6.45, 7) is 12.7. The van der Waals surface area contributed by atoms with Gasteiger partial charge in [0.15, 0.2) is 0 Å². The van der Waals surface area contributed by atoms with E-state index in [1.54, 1.807) is 38.1 Å². The number of carbonyl (C=O) groups is 1. The molecule has 208 valence electrons. The highest BCUT2D eigenvalue weighted by Gasteiger charge is 2.41. The molecule has 1 heterocycles. The van der Waals surface area contributed by atoms with Crippen molar-refractivity contribution in [2.45, 2.75) is 71.8 Å². The van der Waals surface area contributed by atoms with Gasteiger partial charge >= 0.3 is 6.18 Å². The minimum absolute atomic E-state index is 0.0491. The van der Waals surface area contributed by atoms with Crippen LogP contribution in [0, 0.1) is 5.41 Å². The number of carbonyl (C=O) groups excluding carboxylic acids is 1. The molecule has 2 rings (SSSR count). The Bertz CT molecular complexity index is 1110. The van der Waals surface area contributed by atoms with E-state index in [4.69, 9.17) is 11.6 Å². The molecule has 1 aliphatic rings. The molecule has 1 atom stereocenters. The van der Waals surface area contributed by atoms with Gasteiger partial charge in [-0.1, -0.05) is 51.1 Å². The van der Waals surface area contributed by atoms with Crippen molar-refractivity contribution >= 4 is 33.4 Å². The number of halogens is 4. The fraction of sp³-hybridized carbons (Fsp3) is 0.600. The number of benzene rings is 1. The van der Waals surface area contributed by atoms with E-state index in [-0.39, 0.29) is 25.3 Å². The molecule has 0 saturated carbocycles. The first-order valence-electron chi connectivity index (χ1n) is 11.9. The van der Waals surface area contributed by atoms with Crippen LogP contribution in [0.5, 0.6) is 0 Å². The highest BCUT2D eigenvalue weighted by atomic mass is 35.5. The summed E-state index contributed by atoms with van der Waals surface area (Å²) in [4.78, 5) is 17.0. The summed E-state index contributed by atoms with van der Waals surface area (Å²) in [5.41, 5.74) is -0.115. The predicted octanol–water partition coefficient (Wildman–Crippen LogP) is 4.68. The summed E-state index contributed by atoms with van der Waals surface area (Å²) >= 11 is 5.96. The van der Waals surface area contributed by atoms with E-state index in [1.807, 2.05) is 20.8 Å². The number of hydrogen-bond donors (Lipinski definition) is 2. The molecule has 0 aromatic heterocycles. The van der Waals surface area contributed by atoms with Crippen LogP contribution in [0.15, 0.2) is 41.4 Å². The lowest BCUT2D eigenvalue weighted by atomic mass is 9.96. The second-order valence-electron chi connectivity index (χ2n) is 11.0. The molecule has 1 amide bonds. The van der Waals surface area contributed by atoms with Crippen molar-refractivity contribution in [2.24, 2.45) is 10.4 Å². The highest BCUT2D eigenvalue weighted by molar-refractivity contribution is 7.89. The molecule has 0 radical (unpaired) electrons. The lowest BCUT2D eigenvalue weighted by Crippen LogP contribution is -2.52. The van der Waals surface area contributed by atoms with E-state index in [9.17, 15) is 26.4 Å². The molecule has 1 aromatic carbocycles. The molecule has 0 saturated heterocycles. The van der Waals surface area contributed by atoms with E-state index in [2.05, 4.69) is 22.2 Å². The van der Waals surface area contributed by atoms with Crippen LogP contribution in [0.4, 0.5) is 13.2 Å². The summed E-state index contributed by atoms with van der Waals surface area (Å²) < 4.78 is 65.2. The van der Waals surface area contributed by atoms with Crippen molar-refractivity contribution in [3.8, 4) is 0 Å². The van der Waals surface area contributed by atoms with Crippen LogP contribution in [-0.4, -0.2) is 61.1 Å². The fourth-order valence-electron chi connectivity index (χ4n) is 3.82. The fourth-order valence-corrected chi connectivity index (χ4v) is 5.94. The average molecular weight is 565 g/mol. The Morgan fingerprint density at radius 1 is 1.22 bits per heavy atom. The maximum absolute atomic E-state index is 13.3. The van der Waals surface area contributed by atoms with Gasteiger partial charge in [0.25, 0.3) is 0 Å². The minimum Gasteiger partial charge on any atom is -0.357 e. The Balaban J connectivity index is 2.10. The summed E-state index contributed by atoms with van der Waals surface area (Å²) in [5, 5.41) is 5.80. The van der Waals surface area contributed by atoms with Gasteiger partial charge in [0.2, 0.25) is 15.9 Å². The Hall–Kier alpha value is -2.11. The maximum atomic E-state index is 13.3. The van der Waals surface area contributed by atoms with Crippen LogP contribution in [0.2, 0.25) is 5.02 Å². The van der Waals surface area contributed by atoms with Gasteiger partial charge in [-0.15, -0.1) is 0 Å². The Kier molecular flexibility index (Phi) is 9.87. The molecular weight excluding hydrogens is 529 g/mol. The van der Waals surface area contributed by atoms with E-state index >= 15 is 0 Å². The average Bonchev–Trinajstić information content (AvgIpc) is 3.04. The van der Waals surface area contributed by atoms with Crippen LogP contribution in [0.3, 0.4) is 0 Å². The standard InChI is InChI=1S/C25H36ClF3N4O3S/c1-17(21-31-20(24(5,6)32-21)22(34)30-13-12-25(27,28)29)11-14-33(37(35,36)16-23(2,3)4)15-18-7-9-19(26)10-8-18/h7-10,20H,1,11-16H2,2-6H3,(H,30,34)(H,31,32)/t20-/m0/s1. The van der Waals surface area contributed by atoms with Crippen molar-refractivity contribution in [3.63, 3.8) is 0 Å². The summed E-state index contributed by atoms with van der Waals surface area (Å²) in [5.74, 6) is -0.314. The number of nitrogens with zero attached hydrogens (tertiary/aromatic N) is 2. The molecule has 1 aliphatic heterocycles. The second kappa shape index (κ2) is 11.7. The maximum Gasteiger partial charge on any atom is 0.390 e. The molecule has 12 heteroatoms. The molecule has 0 fully saturated rings. The number of amides is 1. The third-order valence-electron chi connectivity index (χ3n) is 5.64. The third-order valence-corrected chi connectivity index (χ3v) is 8.22. The molecule has 0 aliphatic carbocycles. The molecular formula is C25H36ClF3N4O3S. The van der Waals surface area contributed by atoms with Crippen LogP contribution < -0.4 is 10.6 Å². The van der Waals surface area contributed by atoms with Crippen molar-refractivity contribution in [3.05, 3.63) is 47.0 Å². The smallest absolute Gasteiger partial charge is 0.357 e. The number of sulfonamides is 1. The zero-order valence-corrected chi connectivity index (χ0v) is 23.4. The predicted molar refractivity (Wildman–Crippen MR) is 141 cm³/mol. The van der Waals surface area contributed by atoms with E-state index in [0.717, 1.165) is 5.56 Å². The zero-order chi connectivity index (χ0) is 28.2. The highest BCUT2D eigenvalue weighted by Crippen LogP contribution is 2.26. The van der Waals surface area contributed by atoms with Crippen molar-refractivity contribution in [1.29, 1.82) is 0 Å². The van der Waals surface area contributed by atoms with Gasteiger partial charge in [-0.05, 0) is 49.0 Å². The molecule has 2 N–H and O–H groups in total. The first-order valence-corrected chi connectivity index (χ1v) is 13.9. The lowest BCUT2D eigenvalue weighted by Gasteiger charge is -2.27. The number of amidine groups is 1. The van der Waals surface area contributed by atoms with Crippen LogP contribution in [0.1, 0.15) is 53.0 Å². The molecule has 1 aromatic rings. The van der Waals surface area contributed by atoms with Crippen molar-refractivity contribution < 1.29 is 26.4 Å². The monoisotopic (exact) mass is 564 g/mol. The molecule has 0 spiro atoms. The van der Waals surface area contributed by atoms with Gasteiger partial charge < -0.3 is 10.6 Å². The normalized spacial score (nSPS) is 17.9. The van der Waals surface area contributed by atoms with E-state index in [0.29, 0.717) is 16.4 Å². The van der Waals surface area contributed by atoms with Gasteiger partial charge in [-0.25, -0.2) is 8.42 Å². The summed E-state index contributed by atoms with van der Waals surface area (Å²) in [6.07, 6.45) is -5.26. The van der Waals surface area contributed by atoms with E-state index in [1.165, 1.54) is 4.31 Å². The number of nitrogens with one attached hydrogen (secondary N) is 2. The van der Waals surface area contributed by atoms with Crippen LogP contribution in [-0.2, 0) is 21.4 Å². The number of hydrogen-bond acceptors (Lipinski definition) is 5. The Morgan fingerprint density at radius 2 is 1.81 bits per heavy atom. The third kappa shape index (κ3) is 9.94. The van der Waals surface area contributed by atoms with Gasteiger partial charge in [0.1, 0.15) is 11.9 Å². The molecule has 7 nitrogen and oxygen atoms in total. The quantitative estimate of drug-likeness (QED) is 0.408. The van der Waals surface area contributed by atoms with Gasteiger partial charge in [0.05, 0.1) is 17.7 Å². The Labute approximate surface area is 222 Å². The second-order valence-corrected chi connectivity index (χ2v) is 13.4. The summed E-state index contributed by atoms with van der Waals surface area (Å²) in [6, 6.07) is 6.04. The first-order chi connectivity index (χ1) is 16.8. The van der Waals surface area contributed by atoms with Gasteiger partial charge in [-0.3, -0.25) is 9.79 Å². The first kappa shape index (κ1) is 31.1. The summed E-state index contributed by atoms with van der Waals surface area (Å²) in [7, 11) is -3.63. The SMILES string of the molecule is C=C(CCN(Cc1ccc(Cl)cc1)S(=O)(=O)CC(C)(C)C)C1=NC(C)(C)[C@H](C(=O)NCCC(F)(F)F)N1. The Morgan fingerprint density at radius 3 is 2.35 bits per heavy atom. The largest absolute Gasteiger partial charge is 0.390 e. The molecule has 37 heavy (non-hydrogen) atoms. The van der Waals surface area contributed by atoms with Crippen LogP contribution >= 0.6 is 11.6 Å². The molecule has 0 bridgehead atoms. The molecule has 0 unspecified atom stereocenters. The van der Waals surface area contributed by atoms with Crippen molar-refractivity contribution in [2.75, 3.05) is 18.8 Å². The van der Waals surface area contributed by atoms with Crippen LogP contribution in [0.25, 0.3) is 0 Å². The zero-order valence-electron chi connectivity index (χ0n) is 21.9. The topological polar surface area (TPSA) is 90.9 Å². The van der Waals surface area contributed by atoms with E-state index < -0.39 is 52.1 Å². The minimum atomic E-state index is -4.37. The van der Waals surface area contributed by atoms with Gasteiger partial charge in [0, 0.05) is 24.7 Å². The van der Waals surface area contributed by atoms with Crippen molar-refractivity contribution in [1.82, 2.24) is 14.9 Å². The lowest BCUT2D eigenvalue weighted by molar-refractivity contribution is -0.136. The number of aliphatic imine (C=N–C) groups is 1. The van der Waals surface area contributed by atoms with Gasteiger partial charge in [-0.2, -0.15) is 17.5 Å². The number of rotatable bonds is 11. The number of alkyl halides is 3.